The molecule has 1 aliphatic heterocycles. The average molecular weight is 545 g/mol. The molecule has 8 heteroatoms. The first-order chi connectivity index (χ1) is 18.7. The third kappa shape index (κ3) is 5.25. The minimum atomic E-state index is -1.90. The van der Waals surface area contributed by atoms with Gasteiger partial charge < -0.3 is 15.3 Å². The van der Waals surface area contributed by atoms with E-state index >= 15 is 0 Å². The van der Waals surface area contributed by atoms with E-state index in [1.807, 2.05) is 91.0 Å². The molecule has 1 aliphatic rings. The smallest absolute Gasteiger partial charge is 0.329 e. The number of aryl methyl sites for hydroxylation is 1. The van der Waals surface area contributed by atoms with Gasteiger partial charge in [-0.15, -0.1) is 11.8 Å². The number of H-pyrrole nitrogens is 1. The third-order valence-corrected chi connectivity index (χ3v) is 9.45. The van der Waals surface area contributed by atoms with Crippen LogP contribution in [0.25, 0.3) is 0 Å². The highest BCUT2D eigenvalue weighted by Crippen LogP contribution is 2.57. The Morgan fingerprint density at radius 3 is 1.85 bits per heavy atom. The van der Waals surface area contributed by atoms with E-state index in [0.29, 0.717) is 5.56 Å². The molecule has 0 bridgehead atoms. The Hall–Kier alpha value is -3.43. The second kappa shape index (κ2) is 11.0. The lowest BCUT2D eigenvalue weighted by Crippen LogP contribution is -2.63. The van der Waals surface area contributed by atoms with Crippen LogP contribution in [-0.2, 0) is 19.3 Å². The van der Waals surface area contributed by atoms with E-state index in [-0.39, 0.29) is 19.3 Å². The number of aromatic amines is 1. The zero-order valence-electron chi connectivity index (χ0n) is 21.6. The number of nitrogens with one attached hydrogen (secondary N) is 1. The standard InChI is InChI=1S/C31H32N2O5S/c1-21-20-33(29(36)32-27(21)35)28-31(38,19-24-15-9-4-10-16-24)30(37,18-23-13-7-3-8-14-23)26(39-28)25(34)17-22-11-5-2-6-12-22/h2-16,20,25-26,28,34,37-38H,17-19H2,1H3,(H,32,35,36)/t25?,26-,28-,30-,31-/m0/s1. The molecule has 0 saturated carbocycles. The second-order valence-corrected chi connectivity index (χ2v) is 11.5. The molecular weight excluding hydrogens is 512 g/mol. The summed E-state index contributed by atoms with van der Waals surface area (Å²) in [5, 5.41) is 35.1. The summed E-state index contributed by atoms with van der Waals surface area (Å²) in [7, 11) is 0. The van der Waals surface area contributed by atoms with Gasteiger partial charge in [-0.3, -0.25) is 14.3 Å². The van der Waals surface area contributed by atoms with Gasteiger partial charge in [0.25, 0.3) is 5.56 Å². The predicted molar refractivity (Wildman–Crippen MR) is 153 cm³/mol. The molecule has 5 atom stereocenters. The van der Waals surface area contributed by atoms with Crippen molar-refractivity contribution in [3.05, 3.63) is 140 Å². The van der Waals surface area contributed by atoms with Gasteiger partial charge in [-0.05, 0) is 30.0 Å². The topological polar surface area (TPSA) is 116 Å². The Morgan fingerprint density at radius 1 is 0.821 bits per heavy atom. The molecule has 1 aromatic heterocycles. The lowest BCUT2D eigenvalue weighted by Gasteiger charge is -2.44. The van der Waals surface area contributed by atoms with Crippen LogP contribution in [0.5, 0.6) is 0 Å². The molecule has 202 valence electrons. The quantitative estimate of drug-likeness (QED) is 0.271. The lowest BCUT2D eigenvalue weighted by atomic mass is 9.71. The molecule has 4 N–H and O–H groups in total. The van der Waals surface area contributed by atoms with Gasteiger partial charge in [-0.2, -0.15) is 0 Å². The second-order valence-electron chi connectivity index (χ2n) is 10.3. The van der Waals surface area contributed by atoms with Crippen LogP contribution in [-0.4, -0.2) is 47.4 Å². The Labute approximate surface area is 230 Å². The number of aromatic nitrogens is 2. The highest BCUT2D eigenvalue weighted by Gasteiger charge is 2.66. The van der Waals surface area contributed by atoms with Gasteiger partial charge in [0.2, 0.25) is 0 Å². The molecule has 3 aromatic carbocycles. The highest BCUT2D eigenvalue weighted by atomic mass is 32.2. The van der Waals surface area contributed by atoms with E-state index < -0.39 is 39.2 Å². The number of thioether (sulfide) groups is 1. The zero-order valence-corrected chi connectivity index (χ0v) is 22.4. The van der Waals surface area contributed by atoms with Crippen molar-refractivity contribution in [2.45, 2.75) is 54.1 Å². The number of nitrogens with zero attached hydrogens (tertiary/aromatic N) is 1. The van der Waals surface area contributed by atoms with Gasteiger partial charge in [-0.25, -0.2) is 4.79 Å². The van der Waals surface area contributed by atoms with E-state index in [4.69, 9.17) is 0 Å². The van der Waals surface area contributed by atoms with E-state index in [0.717, 1.165) is 28.5 Å². The Kier molecular flexibility index (Phi) is 7.64. The SMILES string of the molecule is Cc1cn([C@H]2S[C@@H](C(O)Cc3ccccc3)[C@@](O)(Cc3ccccc3)[C@]2(O)Cc2ccccc2)c(=O)[nH]c1=O. The molecule has 1 unspecified atom stereocenters. The highest BCUT2D eigenvalue weighted by molar-refractivity contribution is 8.00. The Bertz CT molecular complexity index is 1530. The average Bonchev–Trinajstić information content (AvgIpc) is 3.14. The first kappa shape index (κ1) is 27.1. The van der Waals surface area contributed by atoms with E-state index in [1.54, 1.807) is 6.92 Å². The van der Waals surface area contributed by atoms with Gasteiger partial charge in [0.05, 0.1) is 11.4 Å². The number of aliphatic hydroxyl groups is 3. The molecule has 0 spiro atoms. The van der Waals surface area contributed by atoms with Crippen molar-refractivity contribution in [1.82, 2.24) is 9.55 Å². The fourth-order valence-corrected chi connectivity index (χ4v) is 7.43. The van der Waals surface area contributed by atoms with Crippen molar-refractivity contribution < 1.29 is 15.3 Å². The zero-order chi connectivity index (χ0) is 27.6. The van der Waals surface area contributed by atoms with E-state index in [9.17, 15) is 24.9 Å². The molecule has 4 aromatic rings. The van der Waals surface area contributed by atoms with E-state index in [1.165, 1.54) is 10.8 Å². The Morgan fingerprint density at radius 2 is 1.31 bits per heavy atom. The van der Waals surface area contributed by atoms with Crippen LogP contribution in [0.2, 0.25) is 0 Å². The van der Waals surface area contributed by atoms with Crippen LogP contribution in [0.4, 0.5) is 0 Å². The summed E-state index contributed by atoms with van der Waals surface area (Å²) >= 11 is 1.16. The summed E-state index contributed by atoms with van der Waals surface area (Å²) in [5.74, 6) is 0. The van der Waals surface area contributed by atoms with Crippen molar-refractivity contribution in [3.8, 4) is 0 Å². The fourth-order valence-electron chi connectivity index (χ4n) is 5.56. The molecule has 1 saturated heterocycles. The normalized spacial score (nSPS) is 25.4. The summed E-state index contributed by atoms with van der Waals surface area (Å²) in [6.07, 6.45) is 0.702. The lowest BCUT2D eigenvalue weighted by molar-refractivity contribution is -0.161. The van der Waals surface area contributed by atoms with E-state index in [2.05, 4.69) is 4.98 Å². The van der Waals surface area contributed by atoms with Crippen LogP contribution in [0.3, 0.4) is 0 Å². The molecule has 0 amide bonds. The first-order valence-corrected chi connectivity index (χ1v) is 13.9. The number of hydrogen-bond acceptors (Lipinski definition) is 6. The van der Waals surface area contributed by atoms with Crippen LogP contribution in [0.1, 0.15) is 27.6 Å². The Balaban J connectivity index is 1.67. The summed E-state index contributed by atoms with van der Waals surface area (Å²) in [4.78, 5) is 27.6. The van der Waals surface area contributed by atoms with Crippen molar-refractivity contribution in [1.29, 1.82) is 0 Å². The number of aliphatic hydroxyl groups excluding tert-OH is 1. The van der Waals surface area contributed by atoms with Crippen molar-refractivity contribution in [2.75, 3.05) is 0 Å². The van der Waals surface area contributed by atoms with Crippen LogP contribution >= 0.6 is 11.8 Å². The predicted octanol–water partition coefficient (Wildman–Crippen LogP) is 3.01. The molecule has 39 heavy (non-hydrogen) atoms. The summed E-state index contributed by atoms with van der Waals surface area (Å²) in [6.45, 7) is 1.59. The third-order valence-electron chi connectivity index (χ3n) is 7.57. The maximum atomic E-state index is 13.1. The largest absolute Gasteiger partial charge is 0.392 e. The summed E-state index contributed by atoms with van der Waals surface area (Å²) in [6, 6.07) is 28.1. The van der Waals surface area contributed by atoms with Crippen LogP contribution in [0.15, 0.2) is 107 Å². The van der Waals surface area contributed by atoms with Gasteiger partial charge in [0, 0.05) is 24.6 Å². The molecule has 2 heterocycles. The first-order valence-electron chi connectivity index (χ1n) is 12.9. The number of benzene rings is 3. The number of hydrogen-bond donors (Lipinski definition) is 4. The van der Waals surface area contributed by atoms with Gasteiger partial charge in [0.1, 0.15) is 16.6 Å². The number of rotatable bonds is 8. The van der Waals surface area contributed by atoms with Crippen molar-refractivity contribution in [3.63, 3.8) is 0 Å². The summed E-state index contributed by atoms with van der Waals surface area (Å²) in [5.41, 5.74) is -2.19. The maximum absolute atomic E-state index is 13.1. The molecular formula is C31H32N2O5S. The molecule has 7 nitrogen and oxygen atoms in total. The van der Waals surface area contributed by atoms with Crippen LogP contribution < -0.4 is 11.2 Å². The van der Waals surface area contributed by atoms with Crippen LogP contribution in [0, 0.1) is 6.92 Å². The molecule has 5 rings (SSSR count). The maximum Gasteiger partial charge on any atom is 0.329 e. The van der Waals surface area contributed by atoms with Crippen molar-refractivity contribution in [2.24, 2.45) is 0 Å². The van der Waals surface area contributed by atoms with Gasteiger partial charge >= 0.3 is 5.69 Å². The molecule has 0 aliphatic carbocycles. The van der Waals surface area contributed by atoms with Crippen molar-refractivity contribution >= 4 is 11.8 Å². The molecule has 0 radical (unpaired) electrons. The minimum absolute atomic E-state index is 0.0218. The summed E-state index contributed by atoms with van der Waals surface area (Å²) < 4.78 is 1.29. The van der Waals surface area contributed by atoms with Gasteiger partial charge in [0.15, 0.2) is 0 Å². The molecule has 1 fully saturated rings. The minimum Gasteiger partial charge on any atom is -0.392 e. The van der Waals surface area contributed by atoms with Gasteiger partial charge in [-0.1, -0.05) is 91.0 Å². The monoisotopic (exact) mass is 544 g/mol. The fraction of sp³-hybridized carbons (Fsp3) is 0.290.